The van der Waals surface area contributed by atoms with Crippen molar-refractivity contribution >= 4 is 11.9 Å². The van der Waals surface area contributed by atoms with E-state index in [0.717, 1.165) is 0 Å². The third-order valence-electron chi connectivity index (χ3n) is 1.63. The van der Waals surface area contributed by atoms with Crippen molar-refractivity contribution in [3.05, 3.63) is 0 Å². The molecule has 0 unspecified atom stereocenters. The Morgan fingerprint density at radius 1 is 1.25 bits per heavy atom. The van der Waals surface area contributed by atoms with Crippen molar-refractivity contribution in [2.24, 2.45) is 5.92 Å². The Morgan fingerprint density at radius 3 is 2.08 bits per heavy atom. The van der Waals surface area contributed by atoms with Crippen LogP contribution in [0.4, 0.5) is 0 Å². The lowest BCUT2D eigenvalue weighted by Crippen LogP contribution is -2.28. The summed E-state index contributed by atoms with van der Waals surface area (Å²) in [6.07, 6.45) is -0.435. The molecular weight excluding hydrogens is 160 g/mol. The zero-order valence-electron chi connectivity index (χ0n) is 7.79. The molecule has 0 bridgehead atoms. The second-order valence-corrected chi connectivity index (χ2v) is 2.63. The summed E-state index contributed by atoms with van der Waals surface area (Å²) < 4.78 is 9.28. The van der Waals surface area contributed by atoms with Crippen LogP contribution in [0.3, 0.4) is 0 Å². The van der Waals surface area contributed by atoms with Crippen molar-refractivity contribution in [2.75, 3.05) is 7.11 Å². The summed E-state index contributed by atoms with van der Waals surface area (Å²) in [5.41, 5.74) is 0. The van der Waals surface area contributed by atoms with Crippen LogP contribution in [0.15, 0.2) is 0 Å². The molecule has 0 aliphatic heterocycles. The van der Waals surface area contributed by atoms with Crippen molar-refractivity contribution in [2.45, 2.75) is 26.9 Å². The van der Waals surface area contributed by atoms with Gasteiger partial charge in [-0.2, -0.15) is 0 Å². The van der Waals surface area contributed by atoms with Gasteiger partial charge in [0.1, 0.15) is 6.10 Å². The van der Waals surface area contributed by atoms with Crippen LogP contribution in [-0.4, -0.2) is 25.2 Å². The smallest absolute Gasteiger partial charge is 0.312 e. The van der Waals surface area contributed by atoms with Gasteiger partial charge >= 0.3 is 11.9 Å². The minimum absolute atomic E-state index is 0.372. The average molecular weight is 174 g/mol. The van der Waals surface area contributed by atoms with Gasteiger partial charge in [-0.25, -0.2) is 0 Å². The van der Waals surface area contributed by atoms with Gasteiger partial charge in [0.25, 0.3) is 0 Å². The van der Waals surface area contributed by atoms with E-state index in [4.69, 9.17) is 4.74 Å². The first-order valence-corrected chi connectivity index (χ1v) is 3.74. The predicted molar refractivity (Wildman–Crippen MR) is 42.4 cm³/mol. The fourth-order valence-corrected chi connectivity index (χ4v) is 0.741. The quantitative estimate of drug-likeness (QED) is 0.592. The highest BCUT2D eigenvalue weighted by Crippen LogP contribution is 2.08. The first kappa shape index (κ1) is 10.9. The highest BCUT2D eigenvalue weighted by molar-refractivity contribution is 5.73. The molecule has 2 atom stereocenters. The number of carbonyl (C=O) groups excluding carboxylic acids is 2. The molecule has 0 rings (SSSR count). The molecule has 0 N–H and O–H groups in total. The lowest BCUT2D eigenvalue weighted by atomic mass is 10.1. The Morgan fingerprint density at radius 2 is 1.75 bits per heavy atom. The summed E-state index contributed by atoms with van der Waals surface area (Å²) in [5, 5.41) is 0. The van der Waals surface area contributed by atoms with Crippen LogP contribution in [0.2, 0.25) is 0 Å². The second-order valence-electron chi connectivity index (χ2n) is 2.63. The second kappa shape index (κ2) is 4.74. The van der Waals surface area contributed by atoms with E-state index in [1.54, 1.807) is 13.8 Å². The van der Waals surface area contributed by atoms with Crippen molar-refractivity contribution in [1.29, 1.82) is 0 Å². The number of carbonyl (C=O) groups is 2. The van der Waals surface area contributed by atoms with E-state index in [0.29, 0.717) is 0 Å². The molecule has 0 aliphatic carbocycles. The van der Waals surface area contributed by atoms with E-state index in [1.807, 2.05) is 0 Å². The average Bonchev–Trinajstić information content (AvgIpc) is 2.00. The minimum atomic E-state index is -0.435. The van der Waals surface area contributed by atoms with Gasteiger partial charge in [0.2, 0.25) is 0 Å². The number of methoxy groups -OCH3 is 1. The molecular formula is C8H14O4. The molecule has 70 valence electrons. The molecule has 0 saturated carbocycles. The van der Waals surface area contributed by atoms with Gasteiger partial charge in [-0.05, 0) is 13.8 Å². The third kappa shape index (κ3) is 3.37. The molecule has 4 nitrogen and oxygen atoms in total. The number of ether oxygens (including phenoxy) is 2. The van der Waals surface area contributed by atoms with E-state index in [-0.39, 0.29) is 5.97 Å². The van der Waals surface area contributed by atoms with Crippen molar-refractivity contribution < 1.29 is 19.1 Å². The highest BCUT2D eigenvalue weighted by atomic mass is 16.6. The Hall–Kier alpha value is -1.06. The van der Waals surface area contributed by atoms with Gasteiger partial charge in [0, 0.05) is 6.92 Å². The molecule has 0 aromatic rings. The van der Waals surface area contributed by atoms with E-state index in [2.05, 4.69) is 4.74 Å². The van der Waals surface area contributed by atoms with Gasteiger partial charge < -0.3 is 9.47 Å². The molecule has 0 fully saturated rings. The van der Waals surface area contributed by atoms with Gasteiger partial charge in [0.05, 0.1) is 13.0 Å². The summed E-state index contributed by atoms with van der Waals surface area (Å²) >= 11 is 0. The van der Waals surface area contributed by atoms with Crippen LogP contribution in [0.5, 0.6) is 0 Å². The topological polar surface area (TPSA) is 52.6 Å². The zero-order chi connectivity index (χ0) is 9.72. The van der Waals surface area contributed by atoms with E-state index >= 15 is 0 Å². The third-order valence-corrected chi connectivity index (χ3v) is 1.63. The van der Waals surface area contributed by atoms with Crippen LogP contribution in [0.1, 0.15) is 20.8 Å². The van der Waals surface area contributed by atoms with Crippen LogP contribution in [-0.2, 0) is 19.1 Å². The predicted octanol–water partition coefficient (Wildman–Crippen LogP) is 0.747. The Balaban J connectivity index is 4.00. The molecule has 0 aliphatic rings. The first-order valence-electron chi connectivity index (χ1n) is 3.74. The van der Waals surface area contributed by atoms with Crippen LogP contribution < -0.4 is 0 Å². The van der Waals surface area contributed by atoms with Gasteiger partial charge in [-0.1, -0.05) is 0 Å². The van der Waals surface area contributed by atoms with Crippen molar-refractivity contribution in [3.63, 3.8) is 0 Å². The van der Waals surface area contributed by atoms with Gasteiger partial charge in [0.15, 0.2) is 0 Å². The van der Waals surface area contributed by atoms with E-state index in [1.165, 1.54) is 14.0 Å². The largest absolute Gasteiger partial charge is 0.469 e. The Bertz CT molecular complexity index is 176. The standard InChI is InChI=1S/C8H14O4/c1-5(8(10)11-4)6(2)12-7(3)9/h5-6H,1-4H3/t5-,6-/m1/s1. The van der Waals surface area contributed by atoms with Crippen LogP contribution in [0, 0.1) is 5.92 Å². The summed E-state index contributed by atoms with van der Waals surface area (Å²) in [6.45, 7) is 4.61. The maximum atomic E-state index is 10.9. The molecule has 0 amide bonds. The van der Waals surface area contributed by atoms with Crippen LogP contribution >= 0.6 is 0 Å². The summed E-state index contributed by atoms with van der Waals surface area (Å²) in [4.78, 5) is 21.4. The lowest BCUT2D eigenvalue weighted by Gasteiger charge is -2.16. The zero-order valence-corrected chi connectivity index (χ0v) is 7.79. The van der Waals surface area contributed by atoms with Gasteiger partial charge in [-0.15, -0.1) is 0 Å². The normalized spacial score (nSPS) is 14.7. The molecule has 0 saturated heterocycles. The molecule has 0 spiro atoms. The van der Waals surface area contributed by atoms with Gasteiger partial charge in [-0.3, -0.25) is 9.59 Å². The monoisotopic (exact) mass is 174 g/mol. The number of rotatable bonds is 3. The van der Waals surface area contributed by atoms with Crippen molar-refractivity contribution in [3.8, 4) is 0 Å². The summed E-state index contributed by atoms with van der Waals surface area (Å²) in [5.74, 6) is -1.18. The molecule has 0 radical (unpaired) electrons. The van der Waals surface area contributed by atoms with Crippen LogP contribution in [0.25, 0.3) is 0 Å². The number of hydrogen-bond acceptors (Lipinski definition) is 4. The highest BCUT2D eigenvalue weighted by Gasteiger charge is 2.22. The van der Waals surface area contributed by atoms with E-state index in [9.17, 15) is 9.59 Å². The fourth-order valence-electron chi connectivity index (χ4n) is 0.741. The molecule has 4 heteroatoms. The summed E-state index contributed by atoms with van der Waals surface area (Å²) in [6, 6.07) is 0. The molecule has 0 aromatic carbocycles. The minimum Gasteiger partial charge on any atom is -0.469 e. The molecule has 12 heavy (non-hydrogen) atoms. The molecule has 0 aromatic heterocycles. The van der Waals surface area contributed by atoms with E-state index < -0.39 is 18.0 Å². The Kier molecular flexibility index (Phi) is 4.33. The van der Waals surface area contributed by atoms with Crippen molar-refractivity contribution in [1.82, 2.24) is 0 Å². The maximum absolute atomic E-state index is 10.9. The lowest BCUT2D eigenvalue weighted by molar-refractivity contribution is -0.156. The molecule has 0 heterocycles. The Labute approximate surface area is 71.8 Å². The SMILES string of the molecule is COC(=O)[C@H](C)[C@@H](C)OC(C)=O. The first-order chi connectivity index (χ1) is 5.49. The maximum Gasteiger partial charge on any atom is 0.312 e. The fraction of sp³-hybridized carbons (Fsp3) is 0.750. The number of hydrogen-bond donors (Lipinski definition) is 0. The number of esters is 2. The summed E-state index contributed by atoms with van der Waals surface area (Å²) in [7, 11) is 1.30.